The minimum absolute atomic E-state index is 0.691. The third-order valence-corrected chi connectivity index (χ3v) is 1.22. The Balaban J connectivity index is 2.32. The molecule has 0 unspecified atom stereocenters. The number of nitrogens with zero attached hydrogens (tertiary/aromatic N) is 2. The summed E-state index contributed by atoms with van der Waals surface area (Å²) in [5.41, 5.74) is 0. The highest BCUT2D eigenvalue weighted by atomic mass is 15.2. The van der Waals surface area contributed by atoms with Crippen LogP contribution in [-0.2, 0) is 6.54 Å². The Morgan fingerprint density at radius 1 is 1.73 bits per heavy atom. The molecule has 4 heteroatoms. The van der Waals surface area contributed by atoms with Crippen molar-refractivity contribution in [1.29, 1.82) is 0 Å². The number of aryl methyl sites for hydroxylation is 1. The van der Waals surface area contributed by atoms with Gasteiger partial charge in [0.05, 0.1) is 6.54 Å². The summed E-state index contributed by atoms with van der Waals surface area (Å²) in [5, 5.41) is 9.82. The molecule has 0 bridgehead atoms. The molecule has 0 saturated heterocycles. The molecule has 2 N–H and O–H groups in total. The lowest BCUT2D eigenvalue weighted by atomic mass is 10.5. The SMILES string of the molecule is C=CCNCc1n[nH]c(C)n1. The zero-order chi connectivity index (χ0) is 8.10. The minimum atomic E-state index is 0.691. The van der Waals surface area contributed by atoms with Crippen LogP contribution in [-0.4, -0.2) is 21.7 Å². The molecule has 1 rings (SSSR count). The van der Waals surface area contributed by atoms with Gasteiger partial charge in [-0.2, -0.15) is 5.10 Å². The molecule has 0 fully saturated rings. The third-order valence-electron chi connectivity index (χ3n) is 1.22. The van der Waals surface area contributed by atoms with Gasteiger partial charge in [-0.3, -0.25) is 5.10 Å². The van der Waals surface area contributed by atoms with E-state index in [9.17, 15) is 0 Å². The van der Waals surface area contributed by atoms with Gasteiger partial charge in [-0.1, -0.05) is 6.08 Å². The van der Waals surface area contributed by atoms with Crippen molar-refractivity contribution in [2.24, 2.45) is 0 Å². The van der Waals surface area contributed by atoms with E-state index in [1.807, 2.05) is 6.92 Å². The van der Waals surface area contributed by atoms with Gasteiger partial charge in [0.1, 0.15) is 5.82 Å². The summed E-state index contributed by atoms with van der Waals surface area (Å²) < 4.78 is 0. The molecule has 1 heterocycles. The van der Waals surface area contributed by atoms with Gasteiger partial charge in [-0.15, -0.1) is 6.58 Å². The second kappa shape index (κ2) is 3.88. The summed E-state index contributed by atoms with van der Waals surface area (Å²) >= 11 is 0. The van der Waals surface area contributed by atoms with Gasteiger partial charge in [0.25, 0.3) is 0 Å². The molecule has 1 aromatic heterocycles. The van der Waals surface area contributed by atoms with Crippen LogP contribution in [0.15, 0.2) is 12.7 Å². The smallest absolute Gasteiger partial charge is 0.164 e. The summed E-state index contributed by atoms with van der Waals surface area (Å²) in [6.45, 7) is 6.94. The fourth-order valence-electron chi connectivity index (χ4n) is 0.754. The van der Waals surface area contributed by atoms with Crippen LogP contribution in [0.5, 0.6) is 0 Å². The fraction of sp³-hybridized carbons (Fsp3) is 0.429. The van der Waals surface area contributed by atoms with Crippen molar-refractivity contribution in [2.45, 2.75) is 13.5 Å². The number of rotatable bonds is 4. The monoisotopic (exact) mass is 152 g/mol. The summed E-state index contributed by atoms with van der Waals surface area (Å²) in [4.78, 5) is 4.12. The molecule has 0 atom stereocenters. The fourth-order valence-corrected chi connectivity index (χ4v) is 0.754. The van der Waals surface area contributed by atoms with E-state index in [0.29, 0.717) is 6.54 Å². The van der Waals surface area contributed by atoms with Gasteiger partial charge in [-0.05, 0) is 6.92 Å². The lowest BCUT2D eigenvalue weighted by Crippen LogP contribution is -2.13. The Morgan fingerprint density at radius 2 is 2.55 bits per heavy atom. The van der Waals surface area contributed by atoms with E-state index in [0.717, 1.165) is 18.2 Å². The summed E-state index contributed by atoms with van der Waals surface area (Å²) in [5.74, 6) is 1.64. The van der Waals surface area contributed by atoms with Crippen LogP contribution in [0.3, 0.4) is 0 Å². The van der Waals surface area contributed by atoms with Crippen molar-refractivity contribution in [1.82, 2.24) is 20.5 Å². The van der Waals surface area contributed by atoms with Gasteiger partial charge in [0.2, 0.25) is 0 Å². The van der Waals surface area contributed by atoms with Gasteiger partial charge in [0.15, 0.2) is 5.82 Å². The predicted octanol–water partition coefficient (Wildman–Crippen LogP) is 0.389. The zero-order valence-corrected chi connectivity index (χ0v) is 6.59. The van der Waals surface area contributed by atoms with Gasteiger partial charge in [0, 0.05) is 6.54 Å². The molecule has 0 aliphatic rings. The van der Waals surface area contributed by atoms with Crippen LogP contribution in [0, 0.1) is 6.92 Å². The molecule has 0 amide bonds. The van der Waals surface area contributed by atoms with Crippen molar-refractivity contribution < 1.29 is 0 Å². The molecular weight excluding hydrogens is 140 g/mol. The van der Waals surface area contributed by atoms with Crippen LogP contribution in [0.1, 0.15) is 11.6 Å². The van der Waals surface area contributed by atoms with Crippen molar-refractivity contribution in [3.8, 4) is 0 Å². The molecular formula is C7H12N4. The van der Waals surface area contributed by atoms with Crippen molar-refractivity contribution in [3.05, 3.63) is 24.3 Å². The van der Waals surface area contributed by atoms with Crippen LogP contribution < -0.4 is 5.32 Å². The zero-order valence-electron chi connectivity index (χ0n) is 6.59. The first-order chi connectivity index (χ1) is 5.33. The Bertz CT molecular complexity index is 228. The van der Waals surface area contributed by atoms with Crippen LogP contribution in [0.25, 0.3) is 0 Å². The first-order valence-corrected chi connectivity index (χ1v) is 3.52. The summed E-state index contributed by atoms with van der Waals surface area (Å²) in [7, 11) is 0. The average molecular weight is 152 g/mol. The van der Waals surface area contributed by atoms with Crippen LogP contribution >= 0.6 is 0 Å². The minimum Gasteiger partial charge on any atom is -0.306 e. The Labute approximate surface area is 65.7 Å². The maximum Gasteiger partial charge on any atom is 0.164 e. The quantitative estimate of drug-likeness (QED) is 0.484. The standard InChI is InChI=1S/C7H12N4/c1-3-4-8-5-7-9-6(2)10-11-7/h3,8H,1,4-5H2,2H3,(H,9,10,11). The molecule has 0 aliphatic heterocycles. The lowest BCUT2D eigenvalue weighted by molar-refractivity contribution is 0.719. The molecule has 0 aromatic carbocycles. The predicted molar refractivity (Wildman–Crippen MR) is 43.0 cm³/mol. The highest BCUT2D eigenvalue weighted by Crippen LogP contribution is 1.88. The van der Waals surface area contributed by atoms with E-state index >= 15 is 0 Å². The highest BCUT2D eigenvalue weighted by molar-refractivity contribution is 4.87. The van der Waals surface area contributed by atoms with E-state index in [1.165, 1.54) is 0 Å². The average Bonchev–Trinajstić information content (AvgIpc) is 2.37. The van der Waals surface area contributed by atoms with Crippen molar-refractivity contribution in [3.63, 3.8) is 0 Å². The molecule has 4 nitrogen and oxygen atoms in total. The van der Waals surface area contributed by atoms with Crippen molar-refractivity contribution >= 4 is 0 Å². The number of aromatic amines is 1. The number of nitrogens with one attached hydrogen (secondary N) is 2. The maximum absolute atomic E-state index is 4.12. The molecule has 0 aliphatic carbocycles. The lowest BCUT2D eigenvalue weighted by Gasteiger charge is -1.93. The molecule has 1 aromatic rings. The van der Waals surface area contributed by atoms with Gasteiger partial charge >= 0.3 is 0 Å². The summed E-state index contributed by atoms with van der Waals surface area (Å²) in [6, 6.07) is 0. The Kier molecular flexibility index (Phi) is 2.80. The largest absolute Gasteiger partial charge is 0.306 e. The Hall–Kier alpha value is -1.16. The topological polar surface area (TPSA) is 53.6 Å². The first-order valence-electron chi connectivity index (χ1n) is 3.52. The van der Waals surface area contributed by atoms with Crippen LogP contribution in [0.2, 0.25) is 0 Å². The second-order valence-electron chi connectivity index (χ2n) is 2.26. The van der Waals surface area contributed by atoms with E-state index in [1.54, 1.807) is 6.08 Å². The van der Waals surface area contributed by atoms with E-state index in [-0.39, 0.29) is 0 Å². The number of hydrogen-bond donors (Lipinski definition) is 2. The number of aromatic nitrogens is 3. The van der Waals surface area contributed by atoms with E-state index in [4.69, 9.17) is 0 Å². The number of H-pyrrole nitrogens is 1. The first kappa shape index (κ1) is 7.94. The Morgan fingerprint density at radius 3 is 3.09 bits per heavy atom. The molecule has 0 saturated carbocycles. The normalized spacial score (nSPS) is 9.91. The molecule has 0 radical (unpaired) electrons. The van der Waals surface area contributed by atoms with E-state index in [2.05, 4.69) is 27.1 Å². The van der Waals surface area contributed by atoms with Gasteiger partial charge < -0.3 is 5.32 Å². The number of hydrogen-bond acceptors (Lipinski definition) is 3. The molecule has 60 valence electrons. The van der Waals surface area contributed by atoms with Crippen molar-refractivity contribution in [2.75, 3.05) is 6.54 Å². The second-order valence-corrected chi connectivity index (χ2v) is 2.26. The maximum atomic E-state index is 4.12. The third kappa shape index (κ3) is 2.51. The molecule has 0 spiro atoms. The highest BCUT2D eigenvalue weighted by Gasteiger charge is 1.96. The van der Waals surface area contributed by atoms with E-state index < -0.39 is 0 Å². The molecule has 11 heavy (non-hydrogen) atoms. The van der Waals surface area contributed by atoms with Crippen LogP contribution in [0.4, 0.5) is 0 Å². The van der Waals surface area contributed by atoms with Gasteiger partial charge in [-0.25, -0.2) is 4.98 Å². The summed E-state index contributed by atoms with van der Waals surface area (Å²) in [6.07, 6.45) is 1.81.